The fourth-order valence-electron chi connectivity index (χ4n) is 1.91. The normalized spacial score (nSPS) is 23.3. The van der Waals surface area contributed by atoms with Crippen LogP contribution in [-0.4, -0.2) is 61.9 Å². The van der Waals surface area contributed by atoms with E-state index in [9.17, 15) is 27.5 Å². The number of hydrogen-bond acceptors (Lipinski definition) is 4. The Morgan fingerprint density at radius 2 is 2.19 bits per heavy atom. The van der Waals surface area contributed by atoms with Gasteiger partial charge in [0.2, 0.25) is 5.91 Å². The summed E-state index contributed by atoms with van der Waals surface area (Å²) < 4.78 is 58.4. The number of amides is 1. The molecule has 1 heterocycles. The fraction of sp³-hybridized carbons (Fsp3) is 0.917. The highest BCUT2D eigenvalue weighted by Crippen LogP contribution is 2.23. The molecule has 0 aromatic carbocycles. The van der Waals surface area contributed by atoms with Gasteiger partial charge in [-0.25, -0.2) is 8.78 Å². The van der Waals surface area contributed by atoms with Crippen molar-refractivity contribution in [3.8, 4) is 0 Å². The highest BCUT2D eigenvalue weighted by molar-refractivity contribution is 5.77. The van der Waals surface area contributed by atoms with Crippen molar-refractivity contribution >= 4 is 5.91 Å². The summed E-state index contributed by atoms with van der Waals surface area (Å²) in [6.45, 7) is -1.44. The van der Waals surface area contributed by atoms with Crippen molar-refractivity contribution < 1.29 is 36.9 Å². The first-order valence-corrected chi connectivity index (χ1v) is 6.55. The van der Waals surface area contributed by atoms with Gasteiger partial charge >= 0.3 is 12.3 Å². The largest absolute Gasteiger partial charge is 0.394 e. The molecule has 1 rings (SSSR count). The number of rotatable bonds is 8. The van der Waals surface area contributed by atoms with E-state index in [0.29, 0.717) is 19.4 Å². The van der Waals surface area contributed by atoms with E-state index >= 15 is 0 Å². The van der Waals surface area contributed by atoms with Crippen LogP contribution in [0.15, 0.2) is 0 Å². The molecular formula is C12H19F4NO4. The smallest absolute Gasteiger partial charge is 0.330 e. The Morgan fingerprint density at radius 3 is 2.71 bits per heavy atom. The molecule has 9 heteroatoms. The van der Waals surface area contributed by atoms with Crippen LogP contribution in [0.4, 0.5) is 17.6 Å². The summed E-state index contributed by atoms with van der Waals surface area (Å²) >= 11 is 0. The van der Waals surface area contributed by atoms with Gasteiger partial charge in [-0.3, -0.25) is 4.79 Å². The molecule has 1 aliphatic rings. The molecular weight excluding hydrogens is 298 g/mol. The SMILES string of the molecule is O=C(CCOCC(F)(F)C(F)F)NC1(CO)CCCOC1. The lowest BCUT2D eigenvalue weighted by atomic mass is 9.93. The number of aliphatic hydroxyl groups excluding tert-OH is 1. The van der Waals surface area contributed by atoms with Crippen molar-refractivity contribution in [3.05, 3.63) is 0 Å². The van der Waals surface area contributed by atoms with Gasteiger partial charge in [-0.15, -0.1) is 0 Å². The van der Waals surface area contributed by atoms with Gasteiger partial charge in [0.25, 0.3) is 0 Å². The molecule has 1 aliphatic heterocycles. The van der Waals surface area contributed by atoms with Crippen molar-refractivity contribution in [2.45, 2.75) is 37.1 Å². The van der Waals surface area contributed by atoms with Crippen molar-refractivity contribution in [2.24, 2.45) is 0 Å². The van der Waals surface area contributed by atoms with Crippen molar-refractivity contribution in [2.75, 3.05) is 33.0 Å². The first kappa shape index (κ1) is 18.1. The van der Waals surface area contributed by atoms with Crippen molar-refractivity contribution in [1.82, 2.24) is 5.32 Å². The highest BCUT2D eigenvalue weighted by Gasteiger charge is 2.41. The topological polar surface area (TPSA) is 67.8 Å². The van der Waals surface area contributed by atoms with Crippen LogP contribution >= 0.6 is 0 Å². The van der Waals surface area contributed by atoms with Crippen LogP contribution in [0.1, 0.15) is 19.3 Å². The molecule has 21 heavy (non-hydrogen) atoms. The van der Waals surface area contributed by atoms with Crippen LogP contribution in [0, 0.1) is 0 Å². The Morgan fingerprint density at radius 1 is 1.48 bits per heavy atom. The van der Waals surface area contributed by atoms with Gasteiger partial charge in [-0.05, 0) is 12.8 Å². The Bertz CT molecular complexity index is 335. The number of alkyl halides is 4. The first-order chi connectivity index (χ1) is 9.81. The van der Waals surface area contributed by atoms with Gasteiger partial charge in [0.1, 0.15) is 6.61 Å². The number of carbonyl (C=O) groups is 1. The van der Waals surface area contributed by atoms with Gasteiger partial charge < -0.3 is 19.9 Å². The van der Waals surface area contributed by atoms with E-state index in [0.717, 1.165) is 0 Å². The molecule has 1 amide bonds. The van der Waals surface area contributed by atoms with Gasteiger partial charge in [0.05, 0.1) is 25.4 Å². The molecule has 124 valence electrons. The highest BCUT2D eigenvalue weighted by atomic mass is 19.3. The van der Waals surface area contributed by atoms with Crippen LogP contribution < -0.4 is 5.32 Å². The lowest BCUT2D eigenvalue weighted by Gasteiger charge is -2.36. The minimum Gasteiger partial charge on any atom is -0.394 e. The quantitative estimate of drug-likeness (QED) is 0.517. The number of aliphatic hydroxyl groups is 1. The molecule has 5 nitrogen and oxygen atoms in total. The summed E-state index contributed by atoms with van der Waals surface area (Å²) in [4.78, 5) is 11.6. The third-order valence-corrected chi connectivity index (χ3v) is 3.12. The van der Waals surface area contributed by atoms with E-state index in [-0.39, 0.29) is 19.6 Å². The van der Waals surface area contributed by atoms with Crippen LogP contribution in [0.5, 0.6) is 0 Å². The number of ether oxygens (including phenoxy) is 2. The lowest BCUT2D eigenvalue weighted by Crippen LogP contribution is -2.56. The predicted molar refractivity (Wildman–Crippen MR) is 64.4 cm³/mol. The molecule has 1 atom stereocenters. The van der Waals surface area contributed by atoms with Crippen LogP contribution in [0.25, 0.3) is 0 Å². The second kappa shape index (κ2) is 7.90. The third kappa shape index (κ3) is 5.76. The van der Waals surface area contributed by atoms with Crippen LogP contribution in [0.2, 0.25) is 0 Å². The van der Waals surface area contributed by atoms with Crippen molar-refractivity contribution in [3.63, 3.8) is 0 Å². The van der Waals surface area contributed by atoms with E-state index in [1.54, 1.807) is 0 Å². The predicted octanol–water partition coefficient (Wildman–Crippen LogP) is 0.951. The van der Waals surface area contributed by atoms with E-state index in [2.05, 4.69) is 10.1 Å². The zero-order valence-electron chi connectivity index (χ0n) is 11.4. The number of halogens is 4. The van der Waals surface area contributed by atoms with Crippen LogP contribution in [0.3, 0.4) is 0 Å². The third-order valence-electron chi connectivity index (χ3n) is 3.12. The summed E-state index contributed by atoms with van der Waals surface area (Å²) in [7, 11) is 0. The molecule has 2 N–H and O–H groups in total. The Labute approximate surface area is 119 Å². The molecule has 0 radical (unpaired) electrons. The Kier molecular flexibility index (Phi) is 6.82. The maximum Gasteiger partial charge on any atom is 0.330 e. The summed E-state index contributed by atoms with van der Waals surface area (Å²) in [6, 6.07) is 0. The molecule has 0 aromatic rings. The van der Waals surface area contributed by atoms with E-state index in [1.807, 2.05) is 0 Å². The minimum absolute atomic E-state index is 0.166. The van der Waals surface area contributed by atoms with Gasteiger partial charge in [0.15, 0.2) is 0 Å². The molecule has 0 spiro atoms. The Balaban J connectivity index is 2.27. The number of hydrogen-bond donors (Lipinski definition) is 2. The summed E-state index contributed by atoms with van der Waals surface area (Å²) in [5.74, 6) is -4.74. The minimum atomic E-state index is -4.22. The average molecular weight is 317 g/mol. The van der Waals surface area contributed by atoms with Gasteiger partial charge in [-0.2, -0.15) is 8.78 Å². The first-order valence-electron chi connectivity index (χ1n) is 6.55. The van der Waals surface area contributed by atoms with E-state index in [4.69, 9.17) is 4.74 Å². The fourth-order valence-corrected chi connectivity index (χ4v) is 1.91. The van der Waals surface area contributed by atoms with Gasteiger partial charge in [0, 0.05) is 13.0 Å². The maximum atomic E-state index is 12.5. The second-order valence-corrected chi connectivity index (χ2v) is 5.01. The Hall–Kier alpha value is -0.930. The zero-order chi connectivity index (χ0) is 15.9. The second-order valence-electron chi connectivity index (χ2n) is 5.01. The molecule has 1 saturated heterocycles. The average Bonchev–Trinajstić information content (AvgIpc) is 2.44. The number of nitrogens with one attached hydrogen (secondary N) is 1. The molecule has 1 fully saturated rings. The van der Waals surface area contributed by atoms with E-state index < -0.39 is 37.0 Å². The summed E-state index contributed by atoms with van der Waals surface area (Å²) in [6.07, 6.45) is -2.85. The number of carbonyl (C=O) groups excluding carboxylic acids is 1. The van der Waals surface area contributed by atoms with Crippen LogP contribution in [-0.2, 0) is 14.3 Å². The monoisotopic (exact) mass is 317 g/mol. The standard InChI is InChI=1S/C12H19F4NO4/c13-10(14)12(15,16)8-21-5-2-9(19)17-11(6-18)3-1-4-20-7-11/h10,18H,1-8H2,(H,17,19). The summed E-state index contributed by atoms with van der Waals surface area (Å²) in [5.41, 5.74) is -0.873. The lowest BCUT2D eigenvalue weighted by molar-refractivity contribution is -0.166. The summed E-state index contributed by atoms with van der Waals surface area (Å²) in [5, 5.41) is 11.9. The maximum absolute atomic E-state index is 12.5. The van der Waals surface area contributed by atoms with Crippen molar-refractivity contribution in [1.29, 1.82) is 0 Å². The molecule has 0 saturated carbocycles. The van der Waals surface area contributed by atoms with E-state index in [1.165, 1.54) is 0 Å². The molecule has 1 unspecified atom stereocenters. The molecule has 0 aromatic heterocycles. The van der Waals surface area contributed by atoms with Gasteiger partial charge in [-0.1, -0.05) is 0 Å². The zero-order valence-corrected chi connectivity index (χ0v) is 11.4. The molecule has 0 aliphatic carbocycles. The molecule has 0 bridgehead atoms.